The summed E-state index contributed by atoms with van der Waals surface area (Å²) in [5, 5.41) is 5.04. The second kappa shape index (κ2) is 8.39. The zero-order valence-corrected chi connectivity index (χ0v) is 12.7. The van der Waals surface area contributed by atoms with Gasteiger partial charge in [-0.3, -0.25) is 9.59 Å². The van der Waals surface area contributed by atoms with Crippen LogP contribution in [0, 0.1) is 0 Å². The first-order valence-electron chi connectivity index (χ1n) is 6.53. The Hall–Kier alpha value is -1.79. The number of hydrogen-bond acceptors (Lipinski definition) is 5. The summed E-state index contributed by atoms with van der Waals surface area (Å²) in [6.07, 6.45) is -0.138. The number of methoxy groups -OCH3 is 1. The van der Waals surface area contributed by atoms with Crippen LogP contribution in [0.3, 0.4) is 0 Å². The molecule has 1 atom stereocenters. The molecular weight excluding hydrogens is 264 g/mol. The predicted octanol–water partition coefficient (Wildman–Crippen LogP) is 0.969. The highest BCUT2D eigenvalue weighted by atomic mass is 16.6. The van der Waals surface area contributed by atoms with E-state index in [1.165, 1.54) is 7.11 Å². The molecule has 0 aromatic rings. The van der Waals surface area contributed by atoms with Crippen molar-refractivity contribution in [1.29, 1.82) is 0 Å². The molecule has 0 saturated carbocycles. The minimum Gasteiger partial charge on any atom is -0.469 e. The van der Waals surface area contributed by atoms with Gasteiger partial charge in [-0.2, -0.15) is 0 Å². The number of amides is 2. The minimum atomic E-state index is -0.692. The molecule has 0 unspecified atom stereocenters. The summed E-state index contributed by atoms with van der Waals surface area (Å²) in [5.41, 5.74) is -0.621. The van der Waals surface area contributed by atoms with Crippen LogP contribution >= 0.6 is 0 Å². The lowest BCUT2D eigenvalue weighted by Crippen LogP contribution is -2.48. The topological polar surface area (TPSA) is 93.7 Å². The van der Waals surface area contributed by atoms with Crippen LogP contribution in [0.2, 0.25) is 0 Å². The molecule has 0 aliphatic heterocycles. The number of carbonyl (C=O) groups is 3. The maximum absolute atomic E-state index is 11.8. The van der Waals surface area contributed by atoms with Crippen molar-refractivity contribution in [1.82, 2.24) is 10.6 Å². The third kappa shape index (κ3) is 8.34. The van der Waals surface area contributed by atoms with Crippen LogP contribution in [0.1, 0.15) is 40.5 Å². The Balaban J connectivity index is 4.21. The number of ether oxygens (including phenoxy) is 2. The maximum Gasteiger partial charge on any atom is 0.408 e. The molecule has 0 fully saturated rings. The largest absolute Gasteiger partial charge is 0.469 e. The van der Waals surface area contributed by atoms with Crippen LogP contribution in [0.15, 0.2) is 0 Å². The van der Waals surface area contributed by atoms with Gasteiger partial charge in [-0.05, 0) is 27.2 Å². The first-order valence-corrected chi connectivity index (χ1v) is 6.53. The lowest BCUT2D eigenvalue weighted by molar-refractivity contribution is -0.140. The van der Waals surface area contributed by atoms with Gasteiger partial charge in [0, 0.05) is 6.54 Å². The van der Waals surface area contributed by atoms with Gasteiger partial charge in [0.15, 0.2) is 0 Å². The van der Waals surface area contributed by atoms with Gasteiger partial charge >= 0.3 is 12.1 Å². The predicted molar refractivity (Wildman–Crippen MR) is 73.1 cm³/mol. The van der Waals surface area contributed by atoms with E-state index in [4.69, 9.17) is 4.74 Å². The average Bonchev–Trinajstić information content (AvgIpc) is 2.33. The fourth-order valence-electron chi connectivity index (χ4n) is 1.32. The minimum absolute atomic E-state index is 0.0884. The van der Waals surface area contributed by atoms with Gasteiger partial charge in [0.2, 0.25) is 5.91 Å². The van der Waals surface area contributed by atoms with E-state index in [9.17, 15) is 14.4 Å². The maximum atomic E-state index is 11.8. The SMILES string of the molecule is CC[C@H](NC(=O)OC(C)(C)C)C(=O)NCCC(=O)OC. The van der Waals surface area contributed by atoms with Crippen LogP contribution in [0.4, 0.5) is 4.79 Å². The van der Waals surface area contributed by atoms with Crippen LogP contribution < -0.4 is 10.6 Å². The highest BCUT2D eigenvalue weighted by molar-refractivity contribution is 5.85. The molecule has 7 heteroatoms. The van der Waals surface area contributed by atoms with Gasteiger partial charge in [-0.25, -0.2) is 4.79 Å². The molecule has 0 rings (SSSR count). The molecule has 0 bridgehead atoms. The summed E-state index contributed by atoms with van der Waals surface area (Å²) >= 11 is 0. The quantitative estimate of drug-likeness (QED) is 0.710. The van der Waals surface area contributed by atoms with Crippen molar-refractivity contribution in [3.05, 3.63) is 0 Å². The molecule has 20 heavy (non-hydrogen) atoms. The van der Waals surface area contributed by atoms with E-state index in [1.807, 2.05) is 0 Å². The molecule has 2 N–H and O–H groups in total. The van der Waals surface area contributed by atoms with E-state index in [0.29, 0.717) is 6.42 Å². The van der Waals surface area contributed by atoms with Crippen LogP contribution in [0.25, 0.3) is 0 Å². The van der Waals surface area contributed by atoms with Crippen LogP contribution in [0.5, 0.6) is 0 Å². The number of rotatable bonds is 6. The Morgan fingerprint density at radius 3 is 2.25 bits per heavy atom. The molecular formula is C13H24N2O5. The van der Waals surface area contributed by atoms with E-state index >= 15 is 0 Å². The zero-order valence-electron chi connectivity index (χ0n) is 12.7. The fourth-order valence-corrected chi connectivity index (χ4v) is 1.32. The molecule has 0 aliphatic carbocycles. The first-order chi connectivity index (χ1) is 9.19. The van der Waals surface area contributed by atoms with Crippen molar-refractivity contribution < 1.29 is 23.9 Å². The van der Waals surface area contributed by atoms with Crippen molar-refractivity contribution in [2.24, 2.45) is 0 Å². The van der Waals surface area contributed by atoms with E-state index < -0.39 is 23.7 Å². The molecule has 0 aliphatic rings. The number of alkyl carbamates (subject to hydrolysis) is 1. The monoisotopic (exact) mass is 288 g/mol. The summed E-state index contributed by atoms with van der Waals surface area (Å²) in [7, 11) is 1.28. The van der Waals surface area contributed by atoms with E-state index in [1.54, 1.807) is 27.7 Å². The van der Waals surface area contributed by atoms with Crippen LogP contribution in [-0.4, -0.2) is 43.3 Å². The van der Waals surface area contributed by atoms with E-state index in [0.717, 1.165) is 0 Å². The smallest absolute Gasteiger partial charge is 0.408 e. The summed E-state index contributed by atoms with van der Waals surface area (Å²) < 4.78 is 9.53. The number of hydrogen-bond donors (Lipinski definition) is 2. The van der Waals surface area contributed by atoms with Crippen molar-refractivity contribution in [3.63, 3.8) is 0 Å². The summed E-state index contributed by atoms with van der Waals surface area (Å²) in [5.74, 6) is -0.763. The van der Waals surface area contributed by atoms with Crippen molar-refractivity contribution >= 4 is 18.0 Å². The lowest BCUT2D eigenvalue weighted by Gasteiger charge is -2.22. The van der Waals surface area contributed by atoms with Gasteiger partial charge in [0.1, 0.15) is 11.6 Å². The van der Waals surface area contributed by atoms with Crippen molar-refractivity contribution in [3.8, 4) is 0 Å². The lowest BCUT2D eigenvalue weighted by atomic mass is 10.2. The summed E-state index contributed by atoms with van der Waals surface area (Å²) in [4.78, 5) is 34.3. The van der Waals surface area contributed by atoms with Gasteiger partial charge in [-0.1, -0.05) is 6.92 Å². The Labute approximate surface area is 119 Å². The highest BCUT2D eigenvalue weighted by Crippen LogP contribution is 2.07. The summed E-state index contributed by atoms with van der Waals surface area (Å²) in [6, 6.07) is -0.692. The fraction of sp³-hybridized carbons (Fsp3) is 0.769. The van der Waals surface area contributed by atoms with E-state index in [2.05, 4.69) is 15.4 Å². The number of carbonyl (C=O) groups excluding carboxylic acids is 3. The highest BCUT2D eigenvalue weighted by Gasteiger charge is 2.22. The van der Waals surface area contributed by atoms with E-state index in [-0.39, 0.29) is 18.9 Å². The van der Waals surface area contributed by atoms with Gasteiger partial charge in [-0.15, -0.1) is 0 Å². The molecule has 0 aromatic carbocycles. The Kier molecular flexibility index (Phi) is 7.64. The number of esters is 1. The normalized spacial score (nSPS) is 12.2. The third-order valence-electron chi connectivity index (χ3n) is 2.27. The molecule has 2 amide bonds. The average molecular weight is 288 g/mol. The molecule has 116 valence electrons. The molecule has 0 aromatic heterocycles. The summed E-state index contributed by atoms with van der Waals surface area (Å²) in [6.45, 7) is 7.15. The first kappa shape index (κ1) is 18.2. The molecule has 0 heterocycles. The molecule has 0 saturated heterocycles. The Bertz CT molecular complexity index is 349. The van der Waals surface area contributed by atoms with Crippen LogP contribution in [-0.2, 0) is 19.1 Å². The molecule has 0 spiro atoms. The van der Waals surface area contributed by atoms with Gasteiger partial charge in [0.25, 0.3) is 0 Å². The standard InChI is InChI=1S/C13H24N2O5/c1-6-9(15-12(18)20-13(2,3)4)11(17)14-8-7-10(16)19-5/h9H,6-8H2,1-5H3,(H,14,17)(H,15,18)/t9-/m0/s1. The zero-order chi connectivity index (χ0) is 15.8. The second-order valence-corrected chi connectivity index (χ2v) is 5.22. The number of nitrogens with one attached hydrogen (secondary N) is 2. The molecule has 0 radical (unpaired) electrons. The van der Waals surface area contributed by atoms with Gasteiger partial charge < -0.3 is 20.1 Å². The Morgan fingerprint density at radius 1 is 1.20 bits per heavy atom. The Morgan fingerprint density at radius 2 is 1.80 bits per heavy atom. The second-order valence-electron chi connectivity index (χ2n) is 5.22. The van der Waals surface area contributed by atoms with Gasteiger partial charge in [0.05, 0.1) is 13.5 Å². The van der Waals surface area contributed by atoms with Crippen molar-refractivity contribution in [2.75, 3.05) is 13.7 Å². The third-order valence-corrected chi connectivity index (χ3v) is 2.27. The van der Waals surface area contributed by atoms with Crippen molar-refractivity contribution in [2.45, 2.75) is 52.2 Å². The molecule has 7 nitrogen and oxygen atoms in total.